The summed E-state index contributed by atoms with van der Waals surface area (Å²) in [7, 11) is 4.92. The van der Waals surface area contributed by atoms with Crippen LogP contribution >= 0.6 is 0 Å². The summed E-state index contributed by atoms with van der Waals surface area (Å²) >= 11 is 0. The summed E-state index contributed by atoms with van der Waals surface area (Å²) in [6.07, 6.45) is 0.717. The van der Waals surface area contributed by atoms with Gasteiger partial charge in [0.25, 0.3) is 0 Å². The third-order valence-corrected chi connectivity index (χ3v) is 3.18. The van der Waals surface area contributed by atoms with Crippen molar-refractivity contribution in [2.45, 2.75) is 6.42 Å². The Morgan fingerprint density at radius 3 is 2.15 bits per heavy atom. The van der Waals surface area contributed by atoms with Gasteiger partial charge in [-0.2, -0.15) is 0 Å². The highest BCUT2D eigenvalue weighted by Crippen LogP contribution is 2.28. The van der Waals surface area contributed by atoms with Crippen molar-refractivity contribution in [1.29, 1.82) is 0 Å². The number of nitrogen functional groups attached to an aromatic ring is 1. The zero-order valence-electron chi connectivity index (χ0n) is 12.0. The zero-order valence-corrected chi connectivity index (χ0v) is 12.0. The molecule has 20 heavy (non-hydrogen) atoms. The maximum Gasteiger partial charge on any atom is 0.141 e. The fourth-order valence-electron chi connectivity index (χ4n) is 2.13. The maximum atomic E-state index is 5.93. The minimum absolute atomic E-state index is 0.631. The Morgan fingerprint density at radius 2 is 1.55 bits per heavy atom. The number of methoxy groups -OCH3 is 3. The van der Waals surface area contributed by atoms with E-state index in [4.69, 9.17) is 19.9 Å². The van der Waals surface area contributed by atoms with Crippen molar-refractivity contribution < 1.29 is 14.2 Å². The molecule has 2 N–H and O–H groups in total. The van der Waals surface area contributed by atoms with Gasteiger partial charge in [0.15, 0.2) is 0 Å². The van der Waals surface area contributed by atoms with Crippen LogP contribution < -0.4 is 19.9 Å². The lowest BCUT2D eigenvalue weighted by Crippen LogP contribution is -1.97. The van der Waals surface area contributed by atoms with Gasteiger partial charge in [-0.25, -0.2) is 0 Å². The first kappa shape index (κ1) is 14.1. The molecule has 0 radical (unpaired) electrons. The van der Waals surface area contributed by atoms with Gasteiger partial charge in [-0.15, -0.1) is 0 Å². The highest BCUT2D eigenvalue weighted by Gasteiger charge is 2.08. The van der Waals surface area contributed by atoms with Gasteiger partial charge in [0, 0.05) is 12.0 Å². The third-order valence-electron chi connectivity index (χ3n) is 3.18. The lowest BCUT2D eigenvalue weighted by molar-refractivity contribution is 0.399. The Bertz CT molecular complexity index is 596. The predicted molar refractivity (Wildman–Crippen MR) is 79.8 cm³/mol. The standard InChI is InChI=1S/C16H19NO3/c1-18-13-5-7-15(19-2)12(10-13)8-11-4-6-16(20-3)14(17)9-11/h4-7,9-10H,8,17H2,1-3H3. The molecule has 0 aromatic heterocycles. The Labute approximate surface area is 119 Å². The van der Waals surface area contributed by atoms with Gasteiger partial charge in [0.05, 0.1) is 27.0 Å². The molecule has 0 atom stereocenters. The Balaban J connectivity index is 2.31. The smallest absolute Gasteiger partial charge is 0.141 e. The second-order valence-electron chi connectivity index (χ2n) is 4.43. The summed E-state index contributed by atoms with van der Waals surface area (Å²) in [5, 5.41) is 0. The van der Waals surface area contributed by atoms with E-state index in [0.29, 0.717) is 17.9 Å². The minimum Gasteiger partial charge on any atom is -0.497 e. The van der Waals surface area contributed by atoms with Gasteiger partial charge in [-0.1, -0.05) is 6.07 Å². The molecule has 0 amide bonds. The monoisotopic (exact) mass is 273 g/mol. The second-order valence-corrected chi connectivity index (χ2v) is 4.43. The molecule has 0 aliphatic heterocycles. The second kappa shape index (κ2) is 6.19. The van der Waals surface area contributed by atoms with Crippen molar-refractivity contribution in [3.8, 4) is 17.2 Å². The van der Waals surface area contributed by atoms with Gasteiger partial charge in [0.2, 0.25) is 0 Å². The molecule has 0 heterocycles. The van der Waals surface area contributed by atoms with Crippen LogP contribution in [-0.2, 0) is 6.42 Å². The molecule has 0 saturated carbocycles. The topological polar surface area (TPSA) is 53.7 Å². The first-order valence-electron chi connectivity index (χ1n) is 6.31. The van der Waals surface area contributed by atoms with Crippen LogP contribution in [-0.4, -0.2) is 21.3 Å². The summed E-state index contributed by atoms with van der Waals surface area (Å²) < 4.78 is 15.8. The number of anilines is 1. The molecule has 106 valence electrons. The SMILES string of the molecule is COc1ccc(OC)c(Cc2ccc(OC)c(N)c2)c1. The van der Waals surface area contributed by atoms with Crippen molar-refractivity contribution in [3.63, 3.8) is 0 Å². The van der Waals surface area contributed by atoms with Crippen LogP contribution in [0.25, 0.3) is 0 Å². The first-order chi connectivity index (χ1) is 9.67. The van der Waals surface area contributed by atoms with E-state index < -0.39 is 0 Å². The fraction of sp³-hybridized carbons (Fsp3) is 0.250. The molecule has 0 spiro atoms. The number of hydrogen-bond acceptors (Lipinski definition) is 4. The summed E-state index contributed by atoms with van der Waals surface area (Å²) in [5.74, 6) is 2.33. The summed E-state index contributed by atoms with van der Waals surface area (Å²) in [6.45, 7) is 0. The largest absolute Gasteiger partial charge is 0.497 e. The molecular formula is C16H19NO3. The van der Waals surface area contributed by atoms with E-state index >= 15 is 0 Å². The first-order valence-corrected chi connectivity index (χ1v) is 6.31. The average molecular weight is 273 g/mol. The van der Waals surface area contributed by atoms with E-state index in [0.717, 1.165) is 22.6 Å². The summed E-state index contributed by atoms with van der Waals surface area (Å²) in [4.78, 5) is 0. The minimum atomic E-state index is 0.631. The highest BCUT2D eigenvalue weighted by molar-refractivity contribution is 5.55. The van der Waals surface area contributed by atoms with E-state index in [1.807, 2.05) is 36.4 Å². The number of ether oxygens (including phenoxy) is 3. The zero-order chi connectivity index (χ0) is 14.5. The maximum absolute atomic E-state index is 5.93. The van der Waals surface area contributed by atoms with Crippen LogP contribution in [0.4, 0.5) is 5.69 Å². The molecule has 2 aromatic rings. The molecular weight excluding hydrogens is 254 g/mol. The number of hydrogen-bond donors (Lipinski definition) is 1. The third kappa shape index (κ3) is 2.96. The molecule has 0 aliphatic carbocycles. The molecule has 4 heteroatoms. The van der Waals surface area contributed by atoms with Crippen LogP contribution in [0, 0.1) is 0 Å². The van der Waals surface area contributed by atoms with Crippen molar-refractivity contribution in [2.24, 2.45) is 0 Å². The number of nitrogens with two attached hydrogens (primary N) is 1. The molecule has 0 fully saturated rings. The lowest BCUT2D eigenvalue weighted by Gasteiger charge is -2.12. The Morgan fingerprint density at radius 1 is 0.850 bits per heavy atom. The number of benzene rings is 2. The van der Waals surface area contributed by atoms with Crippen molar-refractivity contribution in [2.75, 3.05) is 27.1 Å². The van der Waals surface area contributed by atoms with Gasteiger partial charge in [-0.3, -0.25) is 0 Å². The molecule has 2 rings (SSSR count). The Kier molecular flexibility index (Phi) is 4.35. The summed E-state index contributed by atoms with van der Waals surface area (Å²) in [6, 6.07) is 11.5. The fourth-order valence-corrected chi connectivity index (χ4v) is 2.13. The highest BCUT2D eigenvalue weighted by atomic mass is 16.5. The molecule has 0 saturated heterocycles. The predicted octanol–water partition coefficient (Wildman–Crippen LogP) is 2.89. The van der Waals surface area contributed by atoms with E-state index in [1.165, 1.54) is 0 Å². The van der Waals surface area contributed by atoms with Crippen LogP contribution in [0.2, 0.25) is 0 Å². The van der Waals surface area contributed by atoms with Gasteiger partial charge in [-0.05, 0) is 35.9 Å². The van der Waals surface area contributed by atoms with Crippen molar-refractivity contribution >= 4 is 5.69 Å². The van der Waals surface area contributed by atoms with Crippen molar-refractivity contribution in [3.05, 3.63) is 47.5 Å². The van der Waals surface area contributed by atoms with Crippen LogP contribution in [0.5, 0.6) is 17.2 Å². The number of rotatable bonds is 5. The van der Waals surface area contributed by atoms with E-state index in [9.17, 15) is 0 Å². The van der Waals surface area contributed by atoms with E-state index in [-0.39, 0.29) is 0 Å². The average Bonchev–Trinajstić information content (AvgIpc) is 2.47. The van der Waals surface area contributed by atoms with Gasteiger partial charge >= 0.3 is 0 Å². The van der Waals surface area contributed by atoms with Crippen LogP contribution in [0.1, 0.15) is 11.1 Å². The van der Waals surface area contributed by atoms with E-state index in [1.54, 1.807) is 21.3 Å². The molecule has 4 nitrogen and oxygen atoms in total. The molecule has 0 bridgehead atoms. The Hall–Kier alpha value is -2.36. The lowest BCUT2D eigenvalue weighted by atomic mass is 10.0. The molecule has 0 aliphatic rings. The summed E-state index contributed by atoms with van der Waals surface area (Å²) in [5.41, 5.74) is 8.71. The van der Waals surface area contributed by atoms with Gasteiger partial charge < -0.3 is 19.9 Å². The quantitative estimate of drug-likeness (QED) is 0.851. The van der Waals surface area contributed by atoms with Gasteiger partial charge in [0.1, 0.15) is 17.2 Å². The molecule has 2 aromatic carbocycles. The van der Waals surface area contributed by atoms with Crippen molar-refractivity contribution in [1.82, 2.24) is 0 Å². The molecule has 0 unspecified atom stereocenters. The van der Waals surface area contributed by atoms with E-state index in [2.05, 4.69) is 0 Å². The van der Waals surface area contributed by atoms with Crippen LogP contribution in [0.15, 0.2) is 36.4 Å². The van der Waals surface area contributed by atoms with Crippen LogP contribution in [0.3, 0.4) is 0 Å². The normalized spacial score (nSPS) is 10.2.